The average Bonchev–Trinajstić information content (AvgIpc) is 3.15. The predicted octanol–water partition coefficient (Wildman–Crippen LogP) is 1.20. The molecule has 1 unspecified atom stereocenters. The van der Waals surface area contributed by atoms with Crippen molar-refractivity contribution >= 4 is 5.91 Å². The van der Waals surface area contributed by atoms with Crippen molar-refractivity contribution in [1.29, 1.82) is 0 Å². The van der Waals surface area contributed by atoms with Gasteiger partial charge in [0.15, 0.2) is 11.4 Å². The summed E-state index contributed by atoms with van der Waals surface area (Å²) in [6, 6.07) is 5.89. The van der Waals surface area contributed by atoms with Crippen molar-refractivity contribution in [2.75, 3.05) is 13.1 Å². The Hall–Kier alpha value is -2.41. The fraction of sp³-hybridized carbons (Fsp3) is 0.333. The summed E-state index contributed by atoms with van der Waals surface area (Å²) in [4.78, 5) is 12.1. The maximum absolute atomic E-state index is 12.9. The van der Waals surface area contributed by atoms with Gasteiger partial charge in [-0.05, 0) is 43.7 Å². The van der Waals surface area contributed by atoms with Gasteiger partial charge in [0.2, 0.25) is 0 Å². The van der Waals surface area contributed by atoms with E-state index in [2.05, 4.69) is 15.7 Å². The normalized spacial score (nSPS) is 17.6. The Kier molecular flexibility index (Phi) is 4.06. The molecule has 1 amide bonds. The summed E-state index contributed by atoms with van der Waals surface area (Å²) in [7, 11) is 0. The summed E-state index contributed by atoms with van der Waals surface area (Å²) in [6.07, 6.45) is 3.46. The smallest absolute Gasteiger partial charge is 0.275 e. The van der Waals surface area contributed by atoms with Crippen molar-refractivity contribution in [3.05, 3.63) is 42.0 Å². The molecule has 0 saturated carbocycles. The third kappa shape index (κ3) is 3.09. The van der Waals surface area contributed by atoms with Gasteiger partial charge in [0, 0.05) is 12.6 Å². The quantitative estimate of drug-likeness (QED) is 0.793. The number of aromatic hydroxyl groups is 1. The van der Waals surface area contributed by atoms with Gasteiger partial charge in [-0.25, -0.2) is 9.07 Å². The topological polar surface area (TPSA) is 79.2 Å². The molecule has 2 heterocycles. The SMILES string of the molecule is O=C(NCC1CCCN1)c1nn(-c2ccc(F)cc2)cc1O. The third-order valence-corrected chi connectivity index (χ3v) is 3.67. The number of nitrogens with zero attached hydrogens (tertiary/aromatic N) is 2. The van der Waals surface area contributed by atoms with E-state index in [0.29, 0.717) is 12.2 Å². The van der Waals surface area contributed by atoms with Gasteiger partial charge in [0.1, 0.15) is 5.82 Å². The van der Waals surface area contributed by atoms with Gasteiger partial charge in [-0.15, -0.1) is 0 Å². The van der Waals surface area contributed by atoms with Crippen LogP contribution < -0.4 is 10.6 Å². The summed E-state index contributed by atoms with van der Waals surface area (Å²) in [5, 5.41) is 20.0. The first-order valence-electron chi connectivity index (χ1n) is 7.19. The first-order chi connectivity index (χ1) is 10.6. The molecule has 1 fully saturated rings. The van der Waals surface area contributed by atoms with Gasteiger partial charge in [-0.1, -0.05) is 0 Å². The standard InChI is InChI=1S/C15H17FN4O2/c16-10-3-5-12(6-4-10)20-9-13(21)14(19-20)15(22)18-8-11-2-1-7-17-11/h3-6,9,11,17,21H,1-2,7-8H2,(H,18,22). The maximum atomic E-state index is 12.9. The molecule has 0 radical (unpaired) electrons. The summed E-state index contributed by atoms with van der Waals surface area (Å²) >= 11 is 0. The van der Waals surface area contributed by atoms with E-state index in [1.54, 1.807) is 0 Å². The van der Waals surface area contributed by atoms with E-state index in [-0.39, 0.29) is 23.3 Å². The minimum atomic E-state index is -0.424. The number of rotatable bonds is 4. The highest BCUT2D eigenvalue weighted by Gasteiger charge is 2.19. The summed E-state index contributed by atoms with van der Waals surface area (Å²) in [5.74, 6) is -0.990. The van der Waals surface area contributed by atoms with E-state index in [9.17, 15) is 14.3 Å². The number of carbonyl (C=O) groups excluding carboxylic acids is 1. The predicted molar refractivity (Wildman–Crippen MR) is 78.5 cm³/mol. The number of halogens is 1. The Morgan fingerprint density at radius 1 is 1.45 bits per heavy atom. The van der Waals surface area contributed by atoms with E-state index in [4.69, 9.17) is 0 Å². The van der Waals surface area contributed by atoms with Gasteiger partial charge >= 0.3 is 0 Å². The Labute approximate surface area is 127 Å². The number of benzene rings is 1. The molecule has 1 saturated heterocycles. The van der Waals surface area contributed by atoms with E-state index in [1.807, 2.05) is 0 Å². The van der Waals surface area contributed by atoms with Gasteiger partial charge in [-0.3, -0.25) is 4.79 Å². The first kappa shape index (κ1) is 14.5. The van der Waals surface area contributed by atoms with Crippen LogP contribution in [0.3, 0.4) is 0 Å². The maximum Gasteiger partial charge on any atom is 0.275 e. The Balaban J connectivity index is 1.71. The fourth-order valence-corrected chi connectivity index (χ4v) is 2.48. The molecule has 7 heteroatoms. The summed E-state index contributed by atoms with van der Waals surface area (Å²) in [5.41, 5.74) is 0.524. The monoisotopic (exact) mass is 304 g/mol. The van der Waals surface area contributed by atoms with E-state index < -0.39 is 5.91 Å². The van der Waals surface area contributed by atoms with Gasteiger partial charge < -0.3 is 15.7 Å². The van der Waals surface area contributed by atoms with E-state index >= 15 is 0 Å². The fourth-order valence-electron chi connectivity index (χ4n) is 2.48. The van der Waals surface area contributed by atoms with Crippen molar-refractivity contribution in [2.24, 2.45) is 0 Å². The Bertz CT molecular complexity index is 663. The molecule has 6 nitrogen and oxygen atoms in total. The Morgan fingerprint density at radius 3 is 2.91 bits per heavy atom. The molecule has 1 atom stereocenters. The lowest BCUT2D eigenvalue weighted by molar-refractivity contribution is 0.0942. The zero-order valence-electron chi connectivity index (χ0n) is 11.9. The number of nitrogens with one attached hydrogen (secondary N) is 2. The largest absolute Gasteiger partial charge is 0.504 e. The summed E-state index contributed by atoms with van der Waals surface area (Å²) < 4.78 is 14.3. The van der Waals surface area contributed by atoms with Crippen LogP contribution in [0.1, 0.15) is 23.3 Å². The lowest BCUT2D eigenvalue weighted by Crippen LogP contribution is -2.37. The van der Waals surface area contributed by atoms with Crippen LogP contribution in [0.5, 0.6) is 5.75 Å². The number of hydrogen-bond acceptors (Lipinski definition) is 4. The Morgan fingerprint density at radius 2 is 2.23 bits per heavy atom. The van der Waals surface area contributed by atoms with Crippen LogP contribution in [0.2, 0.25) is 0 Å². The second-order valence-electron chi connectivity index (χ2n) is 5.29. The molecule has 3 rings (SSSR count). The summed E-state index contributed by atoms with van der Waals surface area (Å²) in [6.45, 7) is 1.46. The first-order valence-corrected chi connectivity index (χ1v) is 7.19. The second kappa shape index (κ2) is 6.15. The van der Waals surface area contributed by atoms with Crippen molar-refractivity contribution in [2.45, 2.75) is 18.9 Å². The molecule has 2 aromatic rings. The molecule has 3 N–H and O–H groups in total. The van der Waals surface area contributed by atoms with Crippen LogP contribution in [0.4, 0.5) is 4.39 Å². The van der Waals surface area contributed by atoms with Crippen LogP contribution in [-0.4, -0.2) is 39.9 Å². The van der Waals surface area contributed by atoms with Crippen molar-refractivity contribution < 1.29 is 14.3 Å². The van der Waals surface area contributed by atoms with Gasteiger partial charge in [-0.2, -0.15) is 5.10 Å². The van der Waals surface area contributed by atoms with Crippen LogP contribution in [-0.2, 0) is 0 Å². The van der Waals surface area contributed by atoms with Crippen molar-refractivity contribution in [1.82, 2.24) is 20.4 Å². The van der Waals surface area contributed by atoms with Crippen molar-refractivity contribution in [3.8, 4) is 11.4 Å². The molecule has 0 aliphatic carbocycles. The van der Waals surface area contributed by atoms with E-state index in [0.717, 1.165) is 19.4 Å². The molecule has 22 heavy (non-hydrogen) atoms. The highest BCUT2D eigenvalue weighted by atomic mass is 19.1. The zero-order chi connectivity index (χ0) is 15.5. The number of hydrogen-bond donors (Lipinski definition) is 3. The average molecular weight is 304 g/mol. The number of aromatic nitrogens is 2. The van der Waals surface area contributed by atoms with Crippen LogP contribution in [0, 0.1) is 5.82 Å². The molecule has 0 bridgehead atoms. The van der Waals surface area contributed by atoms with Gasteiger partial charge in [0.05, 0.1) is 11.9 Å². The minimum Gasteiger partial charge on any atom is -0.504 e. The second-order valence-corrected chi connectivity index (χ2v) is 5.29. The highest BCUT2D eigenvalue weighted by molar-refractivity contribution is 5.94. The molecular formula is C15H17FN4O2. The lowest BCUT2D eigenvalue weighted by Gasteiger charge is -2.10. The molecule has 1 aromatic heterocycles. The van der Waals surface area contributed by atoms with E-state index in [1.165, 1.54) is 35.1 Å². The van der Waals surface area contributed by atoms with Crippen LogP contribution in [0.25, 0.3) is 5.69 Å². The molecule has 116 valence electrons. The number of carbonyl (C=O) groups is 1. The van der Waals surface area contributed by atoms with Crippen LogP contribution >= 0.6 is 0 Å². The zero-order valence-corrected chi connectivity index (χ0v) is 11.9. The van der Waals surface area contributed by atoms with Crippen LogP contribution in [0.15, 0.2) is 30.5 Å². The lowest BCUT2D eigenvalue weighted by atomic mass is 10.2. The molecule has 1 aliphatic heterocycles. The third-order valence-electron chi connectivity index (χ3n) is 3.67. The number of amides is 1. The highest BCUT2D eigenvalue weighted by Crippen LogP contribution is 2.18. The molecule has 0 spiro atoms. The molecule has 1 aromatic carbocycles. The molecular weight excluding hydrogens is 287 g/mol. The minimum absolute atomic E-state index is 0.0395. The van der Waals surface area contributed by atoms with Gasteiger partial charge in [0.25, 0.3) is 5.91 Å². The van der Waals surface area contributed by atoms with Crippen molar-refractivity contribution in [3.63, 3.8) is 0 Å². The molecule has 1 aliphatic rings.